The highest BCUT2D eigenvalue weighted by Crippen LogP contribution is 2.28. The van der Waals surface area contributed by atoms with Gasteiger partial charge in [-0.25, -0.2) is 0 Å². The predicted octanol–water partition coefficient (Wildman–Crippen LogP) is 1.79. The summed E-state index contributed by atoms with van der Waals surface area (Å²) in [4.78, 5) is 23.7. The Hall–Kier alpha value is -2.63. The van der Waals surface area contributed by atoms with E-state index in [9.17, 15) is 14.7 Å². The minimum absolute atomic E-state index is 0.164. The van der Waals surface area contributed by atoms with Crippen molar-refractivity contribution in [2.75, 3.05) is 5.32 Å². The van der Waals surface area contributed by atoms with E-state index >= 15 is 0 Å². The minimum atomic E-state index is -1.28. The van der Waals surface area contributed by atoms with E-state index in [0.717, 1.165) is 0 Å². The summed E-state index contributed by atoms with van der Waals surface area (Å²) in [6, 6.07) is 10.4. The molecule has 0 spiro atoms. The van der Waals surface area contributed by atoms with Crippen LogP contribution in [0.5, 0.6) is 0 Å². The van der Waals surface area contributed by atoms with Gasteiger partial charge in [-0.15, -0.1) is 0 Å². The number of aromatic nitrogens is 2. The molecule has 1 heterocycles. The Bertz CT molecular complexity index is 651. The third-order valence-corrected chi connectivity index (χ3v) is 3.38. The smallest absolute Gasteiger partial charge is 0.314 e. The van der Waals surface area contributed by atoms with Crippen LogP contribution in [0, 0.1) is 0 Å². The molecule has 6 nitrogen and oxygen atoms in total. The predicted molar refractivity (Wildman–Crippen MR) is 77.9 cm³/mol. The lowest BCUT2D eigenvalue weighted by Gasteiger charge is -2.24. The van der Waals surface area contributed by atoms with E-state index in [0.29, 0.717) is 11.4 Å². The summed E-state index contributed by atoms with van der Waals surface area (Å²) in [6.45, 7) is 1.54. The van der Waals surface area contributed by atoms with Crippen LogP contribution in [0.25, 0.3) is 0 Å². The fourth-order valence-electron chi connectivity index (χ4n) is 2.10. The second-order valence-electron chi connectivity index (χ2n) is 5.10. The summed E-state index contributed by atoms with van der Waals surface area (Å²) >= 11 is 0. The fraction of sp³-hybridized carbons (Fsp3) is 0.267. The Morgan fingerprint density at radius 3 is 2.48 bits per heavy atom. The number of carbonyl (C=O) groups excluding carboxylic acids is 1. The van der Waals surface area contributed by atoms with E-state index in [-0.39, 0.29) is 12.3 Å². The molecule has 0 aliphatic carbocycles. The minimum Gasteiger partial charge on any atom is -0.481 e. The van der Waals surface area contributed by atoms with Gasteiger partial charge in [0, 0.05) is 25.7 Å². The molecule has 0 bridgehead atoms. The van der Waals surface area contributed by atoms with Crippen molar-refractivity contribution in [2.45, 2.75) is 18.8 Å². The summed E-state index contributed by atoms with van der Waals surface area (Å²) in [5.74, 6) is -1.02. The Labute approximate surface area is 122 Å². The van der Waals surface area contributed by atoms with Gasteiger partial charge < -0.3 is 10.4 Å². The molecule has 110 valence electrons. The summed E-state index contributed by atoms with van der Waals surface area (Å²) in [6.07, 6.45) is 1.53. The first-order chi connectivity index (χ1) is 9.91. The highest BCUT2D eigenvalue weighted by atomic mass is 16.4. The van der Waals surface area contributed by atoms with Crippen molar-refractivity contribution in [1.29, 1.82) is 0 Å². The highest BCUT2D eigenvalue weighted by Gasteiger charge is 2.37. The van der Waals surface area contributed by atoms with Crippen molar-refractivity contribution in [3.8, 4) is 0 Å². The van der Waals surface area contributed by atoms with Gasteiger partial charge in [-0.3, -0.25) is 14.3 Å². The molecule has 21 heavy (non-hydrogen) atoms. The van der Waals surface area contributed by atoms with Crippen molar-refractivity contribution in [2.24, 2.45) is 7.05 Å². The van der Waals surface area contributed by atoms with Crippen LogP contribution < -0.4 is 5.32 Å². The summed E-state index contributed by atoms with van der Waals surface area (Å²) in [5.41, 5.74) is -0.686. The van der Waals surface area contributed by atoms with Crippen LogP contribution in [0.3, 0.4) is 0 Å². The van der Waals surface area contributed by atoms with Crippen LogP contribution in [-0.4, -0.2) is 26.8 Å². The third kappa shape index (κ3) is 3.28. The number of amides is 1. The van der Waals surface area contributed by atoms with Crippen molar-refractivity contribution < 1.29 is 14.7 Å². The maximum Gasteiger partial charge on any atom is 0.314 e. The lowest BCUT2D eigenvalue weighted by molar-refractivity contribution is -0.145. The molecule has 1 aromatic carbocycles. The molecule has 2 N–H and O–H groups in total. The lowest BCUT2D eigenvalue weighted by atomic mass is 9.79. The van der Waals surface area contributed by atoms with Crippen LogP contribution in [-0.2, 0) is 22.1 Å². The Morgan fingerprint density at radius 2 is 1.95 bits per heavy atom. The number of benzene rings is 1. The number of aliphatic carboxylic acids is 1. The first-order valence-electron chi connectivity index (χ1n) is 6.50. The molecular formula is C15H17N3O3. The molecule has 0 aliphatic heterocycles. The molecule has 2 rings (SSSR count). The zero-order valence-corrected chi connectivity index (χ0v) is 11.9. The molecule has 0 radical (unpaired) electrons. The number of hydrogen-bond acceptors (Lipinski definition) is 3. The van der Waals surface area contributed by atoms with Crippen LogP contribution >= 0.6 is 0 Å². The average Bonchev–Trinajstić information content (AvgIpc) is 2.84. The van der Waals surface area contributed by atoms with Gasteiger partial charge >= 0.3 is 5.97 Å². The second-order valence-corrected chi connectivity index (χ2v) is 5.10. The Balaban J connectivity index is 2.17. The van der Waals surface area contributed by atoms with Gasteiger partial charge in [-0.2, -0.15) is 5.10 Å². The summed E-state index contributed by atoms with van der Waals surface area (Å²) in [5, 5.41) is 16.1. The van der Waals surface area contributed by atoms with Gasteiger partial charge in [-0.1, -0.05) is 30.3 Å². The van der Waals surface area contributed by atoms with E-state index in [1.54, 1.807) is 61.2 Å². The van der Waals surface area contributed by atoms with Crippen molar-refractivity contribution in [1.82, 2.24) is 9.78 Å². The number of nitrogens with zero attached hydrogens (tertiary/aromatic N) is 2. The number of nitrogens with one attached hydrogen (secondary N) is 1. The number of anilines is 1. The molecular weight excluding hydrogens is 270 g/mol. The van der Waals surface area contributed by atoms with E-state index in [1.807, 2.05) is 0 Å². The number of rotatable bonds is 5. The van der Waals surface area contributed by atoms with E-state index < -0.39 is 11.4 Å². The highest BCUT2D eigenvalue weighted by molar-refractivity contribution is 5.95. The van der Waals surface area contributed by atoms with Gasteiger partial charge in [0.25, 0.3) is 0 Å². The lowest BCUT2D eigenvalue weighted by Crippen LogP contribution is -2.36. The molecule has 1 atom stereocenters. The van der Waals surface area contributed by atoms with Crippen LogP contribution in [0.15, 0.2) is 42.6 Å². The monoisotopic (exact) mass is 287 g/mol. The first kappa shape index (κ1) is 14.8. The SMILES string of the molecule is Cn1ccc(NC(=O)CC(C)(C(=O)O)c2ccccc2)n1. The number of carboxylic acid groups (broad SMARTS) is 1. The van der Waals surface area contributed by atoms with Gasteiger partial charge in [0.05, 0.1) is 5.41 Å². The molecule has 1 unspecified atom stereocenters. The van der Waals surface area contributed by atoms with E-state index in [4.69, 9.17) is 0 Å². The van der Waals surface area contributed by atoms with Gasteiger partial charge in [0.1, 0.15) is 0 Å². The molecule has 0 fully saturated rings. The maximum absolute atomic E-state index is 12.1. The average molecular weight is 287 g/mol. The van der Waals surface area contributed by atoms with Crippen molar-refractivity contribution >= 4 is 17.7 Å². The summed E-state index contributed by atoms with van der Waals surface area (Å²) < 4.78 is 1.56. The largest absolute Gasteiger partial charge is 0.481 e. The topological polar surface area (TPSA) is 84.2 Å². The molecule has 1 amide bonds. The van der Waals surface area contributed by atoms with Gasteiger partial charge in [0.2, 0.25) is 5.91 Å². The van der Waals surface area contributed by atoms with Crippen LogP contribution in [0.4, 0.5) is 5.82 Å². The van der Waals surface area contributed by atoms with E-state index in [1.165, 1.54) is 0 Å². The molecule has 0 saturated carbocycles. The van der Waals surface area contributed by atoms with Crippen LogP contribution in [0.2, 0.25) is 0 Å². The number of aryl methyl sites for hydroxylation is 1. The Kier molecular flexibility index (Phi) is 4.07. The zero-order chi connectivity index (χ0) is 15.5. The molecule has 0 aliphatic rings. The maximum atomic E-state index is 12.1. The van der Waals surface area contributed by atoms with E-state index in [2.05, 4.69) is 10.4 Å². The molecule has 1 aromatic heterocycles. The van der Waals surface area contributed by atoms with Crippen molar-refractivity contribution in [3.05, 3.63) is 48.2 Å². The van der Waals surface area contributed by atoms with Gasteiger partial charge in [0.15, 0.2) is 5.82 Å². The molecule has 2 aromatic rings. The van der Waals surface area contributed by atoms with Crippen LogP contribution in [0.1, 0.15) is 18.9 Å². The molecule has 0 saturated heterocycles. The summed E-state index contributed by atoms with van der Waals surface area (Å²) in [7, 11) is 1.74. The third-order valence-electron chi connectivity index (χ3n) is 3.38. The normalized spacial score (nSPS) is 13.4. The molecule has 6 heteroatoms. The first-order valence-corrected chi connectivity index (χ1v) is 6.50. The number of carbonyl (C=O) groups is 2. The zero-order valence-electron chi connectivity index (χ0n) is 11.9. The quantitative estimate of drug-likeness (QED) is 0.878. The standard InChI is InChI=1S/C15H17N3O3/c1-15(14(20)21,11-6-4-3-5-7-11)10-13(19)16-12-8-9-18(2)17-12/h3-9H,10H2,1-2H3,(H,20,21)(H,16,17,19). The second kappa shape index (κ2) is 5.78. The fourth-order valence-corrected chi connectivity index (χ4v) is 2.10. The van der Waals surface area contributed by atoms with Gasteiger partial charge in [-0.05, 0) is 12.5 Å². The number of carboxylic acids is 1. The Morgan fingerprint density at radius 1 is 1.29 bits per heavy atom. The van der Waals surface area contributed by atoms with Crippen molar-refractivity contribution in [3.63, 3.8) is 0 Å². The number of hydrogen-bond donors (Lipinski definition) is 2.